The van der Waals surface area contributed by atoms with Crippen molar-refractivity contribution in [1.29, 1.82) is 0 Å². The molecular formula is C11H23NO. The monoisotopic (exact) mass is 185 g/mol. The fourth-order valence-electron chi connectivity index (χ4n) is 1.68. The van der Waals surface area contributed by atoms with Crippen LogP contribution in [0.2, 0.25) is 0 Å². The largest absolute Gasteiger partial charge is 0.377 e. The zero-order chi connectivity index (χ0) is 9.90. The van der Waals surface area contributed by atoms with Crippen LogP contribution in [0, 0.1) is 5.41 Å². The maximum absolute atomic E-state index is 5.90. The Hall–Kier alpha value is -0.0800. The quantitative estimate of drug-likeness (QED) is 0.732. The highest BCUT2D eigenvalue weighted by Gasteiger charge is 2.24. The zero-order valence-corrected chi connectivity index (χ0v) is 9.18. The Balaban J connectivity index is 2.12. The molecule has 0 amide bonds. The van der Waals surface area contributed by atoms with E-state index < -0.39 is 0 Å². The molecule has 2 nitrogen and oxygen atoms in total. The molecule has 13 heavy (non-hydrogen) atoms. The topological polar surface area (TPSA) is 35.2 Å². The molecule has 2 unspecified atom stereocenters. The fourth-order valence-corrected chi connectivity index (χ4v) is 1.68. The molecule has 2 atom stereocenters. The molecule has 78 valence electrons. The van der Waals surface area contributed by atoms with Crippen molar-refractivity contribution >= 4 is 0 Å². The van der Waals surface area contributed by atoms with Crippen LogP contribution in [0.1, 0.15) is 46.5 Å². The molecule has 1 aliphatic rings. The molecule has 1 rings (SSSR count). The highest BCUT2D eigenvalue weighted by Crippen LogP contribution is 2.23. The Morgan fingerprint density at radius 3 is 2.46 bits per heavy atom. The first kappa shape index (κ1) is 11.0. The summed E-state index contributed by atoms with van der Waals surface area (Å²) in [5.41, 5.74) is 6.28. The van der Waals surface area contributed by atoms with Crippen molar-refractivity contribution in [3.05, 3.63) is 0 Å². The molecule has 1 aliphatic carbocycles. The summed E-state index contributed by atoms with van der Waals surface area (Å²) in [5, 5.41) is 0. The molecule has 0 aromatic heterocycles. The Morgan fingerprint density at radius 2 is 2.00 bits per heavy atom. The molecule has 0 aliphatic heterocycles. The highest BCUT2D eigenvalue weighted by atomic mass is 16.5. The van der Waals surface area contributed by atoms with Crippen molar-refractivity contribution in [2.45, 2.75) is 58.6 Å². The van der Waals surface area contributed by atoms with Crippen LogP contribution in [-0.2, 0) is 4.74 Å². The van der Waals surface area contributed by atoms with E-state index in [1.807, 2.05) is 0 Å². The molecule has 0 aromatic carbocycles. The Bertz CT molecular complexity index is 151. The van der Waals surface area contributed by atoms with Crippen molar-refractivity contribution in [2.75, 3.05) is 6.61 Å². The van der Waals surface area contributed by atoms with Crippen LogP contribution in [0.4, 0.5) is 0 Å². The lowest BCUT2D eigenvalue weighted by atomic mass is 9.93. The molecule has 0 spiro atoms. The van der Waals surface area contributed by atoms with Crippen molar-refractivity contribution < 1.29 is 4.74 Å². The average Bonchev–Trinajstić information content (AvgIpc) is 2.34. The van der Waals surface area contributed by atoms with E-state index in [0.29, 0.717) is 17.6 Å². The van der Waals surface area contributed by atoms with Crippen LogP contribution in [0.25, 0.3) is 0 Å². The van der Waals surface area contributed by atoms with E-state index in [1.165, 1.54) is 6.42 Å². The van der Waals surface area contributed by atoms with Crippen LogP contribution in [0.3, 0.4) is 0 Å². The summed E-state index contributed by atoms with van der Waals surface area (Å²) in [6.07, 6.45) is 4.99. The van der Waals surface area contributed by atoms with E-state index in [2.05, 4.69) is 20.8 Å². The summed E-state index contributed by atoms with van der Waals surface area (Å²) >= 11 is 0. The number of ether oxygens (including phenoxy) is 1. The molecule has 1 saturated carbocycles. The Kier molecular flexibility index (Phi) is 3.74. The minimum absolute atomic E-state index is 0.292. The summed E-state index contributed by atoms with van der Waals surface area (Å²) in [4.78, 5) is 0. The van der Waals surface area contributed by atoms with E-state index in [9.17, 15) is 0 Å². The lowest BCUT2D eigenvalue weighted by molar-refractivity contribution is 0.0333. The van der Waals surface area contributed by atoms with Crippen LogP contribution in [-0.4, -0.2) is 18.8 Å². The molecule has 0 radical (unpaired) electrons. The molecule has 0 bridgehead atoms. The third-order valence-corrected chi connectivity index (χ3v) is 2.69. The van der Waals surface area contributed by atoms with Gasteiger partial charge >= 0.3 is 0 Å². The first-order valence-corrected chi connectivity index (χ1v) is 5.36. The first-order valence-electron chi connectivity index (χ1n) is 5.36. The molecular weight excluding hydrogens is 162 g/mol. The van der Waals surface area contributed by atoms with Crippen molar-refractivity contribution in [3.63, 3.8) is 0 Å². The first-order chi connectivity index (χ1) is 5.99. The lowest BCUT2D eigenvalue weighted by Crippen LogP contribution is -2.32. The van der Waals surface area contributed by atoms with Crippen LogP contribution < -0.4 is 5.73 Å². The van der Waals surface area contributed by atoms with Gasteiger partial charge in [-0.1, -0.05) is 20.8 Å². The summed E-state index contributed by atoms with van der Waals surface area (Å²) in [6.45, 7) is 7.59. The van der Waals surface area contributed by atoms with E-state index in [1.54, 1.807) is 0 Å². The van der Waals surface area contributed by atoms with Gasteiger partial charge in [-0.2, -0.15) is 0 Å². The Labute approximate surface area is 81.8 Å². The summed E-state index contributed by atoms with van der Waals surface area (Å²) in [7, 11) is 0. The van der Waals surface area contributed by atoms with Gasteiger partial charge in [-0.25, -0.2) is 0 Å². The summed E-state index contributed by atoms with van der Waals surface area (Å²) in [5.74, 6) is 0. The van der Waals surface area contributed by atoms with Gasteiger partial charge in [0.25, 0.3) is 0 Å². The predicted octanol–water partition coefficient (Wildman–Crippen LogP) is 2.32. The van der Waals surface area contributed by atoms with Gasteiger partial charge in [0.15, 0.2) is 0 Å². The van der Waals surface area contributed by atoms with E-state index in [-0.39, 0.29) is 0 Å². The van der Waals surface area contributed by atoms with Gasteiger partial charge in [-0.05, 0) is 31.1 Å². The minimum atomic E-state index is 0.292. The standard InChI is InChI=1S/C11H23NO/c1-11(2,3)7-8-13-10-6-4-5-9(10)12/h9-10H,4-8,12H2,1-3H3. The average molecular weight is 185 g/mol. The van der Waals surface area contributed by atoms with Crippen molar-refractivity contribution in [1.82, 2.24) is 0 Å². The lowest BCUT2D eigenvalue weighted by Gasteiger charge is -2.21. The SMILES string of the molecule is CC(C)(C)CCOC1CCCC1N. The third-order valence-electron chi connectivity index (χ3n) is 2.69. The van der Waals surface area contributed by atoms with E-state index in [0.717, 1.165) is 25.9 Å². The second-order valence-electron chi connectivity index (χ2n) is 5.31. The zero-order valence-electron chi connectivity index (χ0n) is 9.18. The Morgan fingerprint density at radius 1 is 1.31 bits per heavy atom. The van der Waals surface area contributed by atoms with Crippen molar-refractivity contribution in [2.24, 2.45) is 11.1 Å². The van der Waals surface area contributed by atoms with E-state index >= 15 is 0 Å². The number of nitrogens with two attached hydrogens (primary N) is 1. The second-order valence-corrected chi connectivity index (χ2v) is 5.31. The fraction of sp³-hybridized carbons (Fsp3) is 1.00. The van der Waals surface area contributed by atoms with Gasteiger partial charge in [0.05, 0.1) is 6.10 Å². The number of hydrogen-bond acceptors (Lipinski definition) is 2. The minimum Gasteiger partial charge on any atom is -0.377 e. The van der Waals surface area contributed by atoms with Gasteiger partial charge in [-0.15, -0.1) is 0 Å². The maximum Gasteiger partial charge on any atom is 0.0725 e. The van der Waals surface area contributed by atoms with Gasteiger partial charge in [0, 0.05) is 12.6 Å². The maximum atomic E-state index is 5.90. The number of rotatable bonds is 3. The smallest absolute Gasteiger partial charge is 0.0725 e. The normalized spacial score (nSPS) is 29.5. The van der Waals surface area contributed by atoms with Crippen LogP contribution in [0.5, 0.6) is 0 Å². The second kappa shape index (κ2) is 4.43. The van der Waals surface area contributed by atoms with Crippen molar-refractivity contribution in [3.8, 4) is 0 Å². The summed E-state index contributed by atoms with van der Waals surface area (Å²) < 4.78 is 5.77. The highest BCUT2D eigenvalue weighted by molar-refractivity contribution is 4.80. The van der Waals surface area contributed by atoms with Crippen LogP contribution >= 0.6 is 0 Å². The van der Waals surface area contributed by atoms with E-state index in [4.69, 9.17) is 10.5 Å². The van der Waals surface area contributed by atoms with Gasteiger partial charge in [0.1, 0.15) is 0 Å². The molecule has 0 heterocycles. The van der Waals surface area contributed by atoms with Crippen LogP contribution in [0.15, 0.2) is 0 Å². The molecule has 2 heteroatoms. The summed E-state index contributed by atoms with van der Waals surface area (Å²) in [6, 6.07) is 0.292. The molecule has 2 N–H and O–H groups in total. The van der Waals surface area contributed by atoms with Gasteiger partial charge in [-0.3, -0.25) is 0 Å². The predicted molar refractivity (Wildman–Crippen MR) is 55.6 cm³/mol. The molecule has 0 saturated heterocycles. The third kappa shape index (κ3) is 4.10. The van der Waals surface area contributed by atoms with Gasteiger partial charge < -0.3 is 10.5 Å². The molecule has 1 fully saturated rings. The van der Waals surface area contributed by atoms with Gasteiger partial charge in [0.2, 0.25) is 0 Å². The molecule has 0 aromatic rings. The number of hydrogen-bond donors (Lipinski definition) is 1.